The van der Waals surface area contributed by atoms with Gasteiger partial charge in [-0.1, -0.05) is 44.9 Å². The molecule has 0 aliphatic carbocycles. The van der Waals surface area contributed by atoms with Crippen molar-refractivity contribution in [2.24, 2.45) is 0 Å². The molecule has 0 radical (unpaired) electrons. The van der Waals surface area contributed by atoms with Crippen LogP contribution >= 0.6 is 24.8 Å². The second-order valence-electron chi connectivity index (χ2n) is 7.10. The summed E-state index contributed by atoms with van der Waals surface area (Å²) in [6, 6.07) is 9.83. The largest absolute Gasteiger partial charge is 0.430 e. The first kappa shape index (κ1) is 32.3. The second kappa shape index (κ2) is 19.8. The molecule has 1 rings (SSSR count). The normalized spacial score (nSPS) is 11.9. The highest BCUT2D eigenvalue weighted by Gasteiger charge is 2.25. The van der Waals surface area contributed by atoms with Crippen LogP contribution in [0.15, 0.2) is 30.3 Å². The van der Waals surface area contributed by atoms with Crippen LogP contribution in [0.2, 0.25) is 0 Å². The van der Waals surface area contributed by atoms with Crippen LogP contribution in [0.25, 0.3) is 0 Å². The van der Waals surface area contributed by atoms with Gasteiger partial charge in [-0.15, -0.1) is 24.8 Å². The van der Waals surface area contributed by atoms with Crippen LogP contribution in [-0.2, 0) is 9.47 Å². The minimum absolute atomic E-state index is 0. The lowest BCUT2D eigenvalue weighted by atomic mass is 10.3. The molecule has 0 heterocycles. The van der Waals surface area contributed by atoms with Crippen LogP contribution in [-0.4, -0.2) is 55.7 Å². The summed E-state index contributed by atoms with van der Waals surface area (Å²) in [5.41, 5.74) is 0.995. The SMILES string of the molecule is CCCCNC(=O)OC(C)N(CCNc1ccccc1)C(C)OC(=O)NCCCC.Cl.Cl. The molecule has 0 saturated heterocycles. The molecule has 0 saturated carbocycles. The predicted molar refractivity (Wildman–Crippen MR) is 134 cm³/mol. The zero-order valence-electron chi connectivity index (χ0n) is 19.6. The quantitative estimate of drug-likeness (QED) is 0.249. The van der Waals surface area contributed by atoms with Gasteiger partial charge < -0.3 is 25.4 Å². The summed E-state index contributed by atoms with van der Waals surface area (Å²) in [6.45, 7) is 9.92. The lowest BCUT2D eigenvalue weighted by Crippen LogP contribution is -2.48. The Bertz CT molecular complexity index is 581. The molecule has 0 bridgehead atoms. The van der Waals surface area contributed by atoms with E-state index >= 15 is 0 Å². The van der Waals surface area contributed by atoms with Crippen LogP contribution in [0, 0.1) is 0 Å². The van der Waals surface area contributed by atoms with Crippen molar-refractivity contribution in [3.8, 4) is 0 Å². The van der Waals surface area contributed by atoms with Crippen molar-refractivity contribution in [2.75, 3.05) is 31.5 Å². The second-order valence-corrected chi connectivity index (χ2v) is 7.10. The maximum Gasteiger partial charge on any atom is 0.408 e. The molecule has 0 spiro atoms. The van der Waals surface area contributed by atoms with E-state index < -0.39 is 24.6 Å². The van der Waals surface area contributed by atoms with Crippen molar-refractivity contribution < 1.29 is 19.1 Å². The van der Waals surface area contributed by atoms with Gasteiger partial charge >= 0.3 is 12.2 Å². The molecule has 2 atom stereocenters. The first-order valence-electron chi connectivity index (χ1n) is 10.9. The van der Waals surface area contributed by atoms with Gasteiger partial charge in [-0.25, -0.2) is 14.5 Å². The summed E-state index contributed by atoms with van der Waals surface area (Å²) in [5, 5.41) is 8.81. The van der Waals surface area contributed by atoms with Crippen molar-refractivity contribution in [1.82, 2.24) is 15.5 Å². The Morgan fingerprint density at radius 2 is 1.31 bits per heavy atom. The molecule has 2 amide bonds. The summed E-state index contributed by atoms with van der Waals surface area (Å²) in [7, 11) is 0. The van der Waals surface area contributed by atoms with Gasteiger partial charge in [0.25, 0.3) is 0 Å². The Kier molecular flexibility index (Phi) is 19.9. The molecule has 0 aliphatic heterocycles. The van der Waals surface area contributed by atoms with E-state index in [1.165, 1.54) is 0 Å². The maximum atomic E-state index is 12.1. The number of carbonyl (C=O) groups is 2. The molecule has 2 unspecified atom stereocenters. The summed E-state index contributed by atoms with van der Waals surface area (Å²) >= 11 is 0. The Morgan fingerprint density at radius 3 is 1.75 bits per heavy atom. The van der Waals surface area contributed by atoms with Gasteiger partial charge in [-0.3, -0.25) is 0 Å². The fourth-order valence-corrected chi connectivity index (χ4v) is 2.81. The first-order valence-corrected chi connectivity index (χ1v) is 10.9. The molecule has 0 aliphatic rings. The topological polar surface area (TPSA) is 91.9 Å². The van der Waals surface area contributed by atoms with Crippen LogP contribution in [0.1, 0.15) is 53.4 Å². The Balaban J connectivity index is 0. The number of para-hydroxylation sites is 1. The van der Waals surface area contributed by atoms with Crippen molar-refractivity contribution >= 4 is 42.7 Å². The van der Waals surface area contributed by atoms with Crippen LogP contribution in [0.4, 0.5) is 15.3 Å². The average molecular weight is 495 g/mol. The van der Waals surface area contributed by atoms with E-state index in [0.29, 0.717) is 26.2 Å². The number of hydrogen-bond donors (Lipinski definition) is 3. The van der Waals surface area contributed by atoms with Gasteiger partial charge in [0.1, 0.15) is 0 Å². The van der Waals surface area contributed by atoms with E-state index in [9.17, 15) is 9.59 Å². The lowest BCUT2D eigenvalue weighted by molar-refractivity contribution is -0.0893. The summed E-state index contributed by atoms with van der Waals surface area (Å²) in [4.78, 5) is 25.9. The molecule has 10 heteroatoms. The number of amides is 2. The van der Waals surface area contributed by atoms with Crippen LogP contribution in [0.3, 0.4) is 0 Å². The fraction of sp³-hybridized carbons (Fsp3) is 0.636. The molecule has 186 valence electrons. The van der Waals surface area contributed by atoms with Crippen molar-refractivity contribution in [2.45, 2.75) is 65.8 Å². The Hall–Kier alpha value is -1.90. The third-order valence-corrected chi connectivity index (χ3v) is 4.56. The predicted octanol–water partition coefficient (Wildman–Crippen LogP) is 4.99. The average Bonchev–Trinajstić information content (AvgIpc) is 2.72. The number of halogens is 2. The van der Waals surface area contributed by atoms with E-state index in [-0.39, 0.29) is 24.8 Å². The van der Waals surface area contributed by atoms with Crippen molar-refractivity contribution in [3.63, 3.8) is 0 Å². The van der Waals surface area contributed by atoms with Gasteiger partial charge in [0.05, 0.1) is 0 Å². The van der Waals surface area contributed by atoms with Gasteiger partial charge in [0, 0.05) is 31.9 Å². The first-order chi connectivity index (χ1) is 14.5. The number of carbonyl (C=O) groups excluding carboxylic acids is 2. The van der Waals surface area contributed by atoms with E-state index in [1.54, 1.807) is 13.8 Å². The standard InChI is InChI=1S/C22H38N4O4.2ClH/c1-5-7-14-24-21(27)29-18(3)26(17-16-23-20-12-10-9-11-13-20)19(4)30-22(28)25-15-8-6-2;;/h9-13,18-19,23H,5-8,14-17H2,1-4H3,(H,24,27)(H,25,28);2*1H. The summed E-state index contributed by atoms with van der Waals surface area (Å²) < 4.78 is 11.0. The highest BCUT2D eigenvalue weighted by molar-refractivity contribution is 5.85. The third-order valence-electron chi connectivity index (χ3n) is 4.56. The molecule has 0 aromatic heterocycles. The minimum atomic E-state index is -0.567. The third kappa shape index (κ3) is 14.2. The molecular formula is C22H40Cl2N4O4. The van der Waals surface area contributed by atoms with E-state index in [4.69, 9.17) is 9.47 Å². The number of unbranched alkanes of at least 4 members (excludes halogenated alkanes) is 2. The number of benzene rings is 1. The fourth-order valence-electron chi connectivity index (χ4n) is 2.81. The number of rotatable bonds is 14. The van der Waals surface area contributed by atoms with Gasteiger partial charge in [-0.05, 0) is 38.8 Å². The van der Waals surface area contributed by atoms with E-state index in [1.807, 2.05) is 35.2 Å². The highest BCUT2D eigenvalue weighted by Crippen LogP contribution is 2.11. The monoisotopic (exact) mass is 494 g/mol. The maximum absolute atomic E-state index is 12.1. The zero-order valence-corrected chi connectivity index (χ0v) is 21.2. The van der Waals surface area contributed by atoms with E-state index in [0.717, 1.165) is 31.4 Å². The smallest absolute Gasteiger partial charge is 0.408 e. The Morgan fingerprint density at radius 1 is 0.844 bits per heavy atom. The van der Waals surface area contributed by atoms with Crippen LogP contribution in [0.5, 0.6) is 0 Å². The van der Waals surface area contributed by atoms with Gasteiger partial charge in [-0.2, -0.15) is 0 Å². The lowest BCUT2D eigenvalue weighted by Gasteiger charge is -2.33. The molecular weight excluding hydrogens is 455 g/mol. The van der Waals surface area contributed by atoms with Crippen LogP contribution < -0.4 is 16.0 Å². The van der Waals surface area contributed by atoms with Gasteiger partial charge in [0.15, 0.2) is 12.5 Å². The van der Waals surface area contributed by atoms with Crippen molar-refractivity contribution in [1.29, 1.82) is 0 Å². The number of nitrogens with one attached hydrogen (secondary N) is 3. The highest BCUT2D eigenvalue weighted by atomic mass is 35.5. The molecule has 1 aromatic rings. The number of hydrogen-bond acceptors (Lipinski definition) is 6. The zero-order chi connectivity index (χ0) is 22.2. The number of anilines is 1. The molecule has 8 nitrogen and oxygen atoms in total. The van der Waals surface area contributed by atoms with E-state index in [2.05, 4.69) is 29.8 Å². The molecule has 3 N–H and O–H groups in total. The molecule has 1 aromatic carbocycles. The Labute approximate surface area is 205 Å². The van der Waals surface area contributed by atoms with Gasteiger partial charge in [0.2, 0.25) is 0 Å². The number of ether oxygens (including phenoxy) is 2. The molecule has 0 fully saturated rings. The molecule has 32 heavy (non-hydrogen) atoms. The summed E-state index contributed by atoms with van der Waals surface area (Å²) in [6.07, 6.45) is 1.69. The van der Waals surface area contributed by atoms with Crippen molar-refractivity contribution in [3.05, 3.63) is 30.3 Å². The summed E-state index contributed by atoms with van der Waals surface area (Å²) in [5.74, 6) is 0. The minimum Gasteiger partial charge on any atom is -0.430 e. The number of nitrogens with zero attached hydrogens (tertiary/aromatic N) is 1. The number of alkyl carbamates (subject to hydrolysis) is 2.